The molecule has 2 rings (SSSR count). The van der Waals surface area contributed by atoms with Crippen LogP contribution in [-0.2, 0) is 4.74 Å². The van der Waals surface area contributed by atoms with Gasteiger partial charge >= 0.3 is 0 Å². The average molecular weight is 283 g/mol. The van der Waals surface area contributed by atoms with Crippen molar-refractivity contribution in [3.63, 3.8) is 0 Å². The molecule has 0 amide bonds. The van der Waals surface area contributed by atoms with E-state index in [-0.39, 0.29) is 0 Å². The monoisotopic (exact) mass is 283 g/mol. The fourth-order valence-corrected chi connectivity index (χ4v) is 3.25. The molecule has 4 heteroatoms. The van der Waals surface area contributed by atoms with Gasteiger partial charge in [-0.15, -0.1) is 0 Å². The molecule has 0 aromatic carbocycles. The highest BCUT2D eigenvalue weighted by Gasteiger charge is 2.35. The lowest BCUT2D eigenvalue weighted by molar-refractivity contribution is -0.00141. The van der Waals surface area contributed by atoms with Gasteiger partial charge in [-0.3, -0.25) is 9.80 Å². The van der Waals surface area contributed by atoms with E-state index < -0.39 is 0 Å². The molecule has 0 aliphatic carbocycles. The highest BCUT2D eigenvalue weighted by atomic mass is 16.5. The van der Waals surface area contributed by atoms with Crippen molar-refractivity contribution < 1.29 is 4.74 Å². The minimum atomic E-state index is 0.353. The maximum absolute atomic E-state index is 5.19. The second-order valence-corrected chi connectivity index (χ2v) is 7.43. The molecule has 0 aromatic rings. The van der Waals surface area contributed by atoms with Crippen LogP contribution in [0.1, 0.15) is 27.2 Å². The Morgan fingerprint density at radius 2 is 1.65 bits per heavy atom. The van der Waals surface area contributed by atoms with E-state index in [4.69, 9.17) is 4.74 Å². The summed E-state index contributed by atoms with van der Waals surface area (Å²) in [6, 6.07) is 0. The van der Waals surface area contributed by atoms with E-state index in [0.29, 0.717) is 5.54 Å². The van der Waals surface area contributed by atoms with Crippen LogP contribution in [0.25, 0.3) is 0 Å². The Labute approximate surface area is 125 Å². The first-order chi connectivity index (χ1) is 9.49. The zero-order valence-electron chi connectivity index (χ0n) is 13.9. The van der Waals surface area contributed by atoms with Crippen LogP contribution in [0.15, 0.2) is 0 Å². The Balaban J connectivity index is 1.65. The third kappa shape index (κ3) is 4.69. The molecule has 0 radical (unpaired) electrons. The van der Waals surface area contributed by atoms with Gasteiger partial charge in [0.15, 0.2) is 0 Å². The van der Waals surface area contributed by atoms with Crippen LogP contribution in [0.3, 0.4) is 0 Å². The zero-order chi connectivity index (χ0) is 14.6. The molecule has 0 spiro atoms. The van der Waals surface area contributed by atoms with E-state index in [2.05, 4.69) is 35.5 Å². The van der Waals surface area contributed by atoms with Crippen LogP contribution in [0, 0.1) is 5.92 Å². The van der Waals surface area contributed by atoms with E-state index in [9.17, 15) is 0 Å². The predicted octanol–water partition coefficient (Wildman–Crippen LogP) is 1.37. The minimum Gasteiger partial charge on any atom is -0.383 e. The first-order valence-electron chi connectivity index (χ1n) is 8.18. The van der Waals surface area contributed by atoms with Crippen molar-refractivity contribution in [2.75, 3.05) is 66.1 Å². The van der Waals surface area contributed by atoms with Gasteiger partial charge < -0.3 is 9.64 Å². The lowest BCUT2D eigenvalue weighted by atomic mass is 9.92. The SMILES string of the molecule is COCCN1CCCN(CC2CN(C(C)(C)C)C2)CC1. The number of nitrogens with zero attached hydrogens (tertiary/aromatic N) is 3. The van der Waals surface area contributed by atoms with E-state index >= 15 is 0 Å². The number of likely N-dealkylation sites (tertiary alicyclic amines) is 1. The van der Waals surface area contributed by atoms with Gasteiger partial charge in [-0.05, 0) is 46.2 Å². The van der Waals surface area contributed by atoms with Gasteiger partial charge in [-0.25, -0.2) is 0 Å². The number of methoxy groups -OCH3 is 1. The molecule has 0 atom stereocenters. The lowest BCUT2D eigenvalue weighted by Crippen LogP contribution is -2.58. The molecule has 0 saturated carbocycles. The number of rotatable bonds is 5. The Morgan fingerprint density at radius 1 is 1.00 bits per heavy atom. The van der Waals surface area contributed by atoms with Gasteiger partial charge in [0, 0.05) is 51.9 Å². The molecule has 0 N–H and O–H groups in total. The van der Waals surface area contributed by atoms with Crippen molar-refractivity contribution in [1.82, 2.24) is 14.7 Å². The van der Waals surface area contributed by atoms with Crippen molar-refractivity contribution in [3.05, 3.63) is 0 Å². The maximum atomic E-state index is 5.19. The fraction of sp³-hybridized carbons (Fsp3) is 1.00. The standard InChI is InChI=1S/C16H33N3O/c1-16(2,3)19-13-15(14-19)12-18-7-5-6-17(8-9-18)10-11-20-4/h15H,5-14H2,1-4H3. The molecule has 2 saturated heterocycles. The molecule has 2 aliphatic rings. The van der Waals surface area contributed by atoms with Crippen LogP contribution >= 0.6 is 0 Å². The van der Waals surface area contributed by atoms with Crippen LogP contribution in [-0.4, -0.2) is 86.3 Å². The number of ether oxygens (including phenoxy) is 1. The van der Waals surface area contributed by atoms with Crippen molar-refractivity contribution in [2.45, 2.75) is 32.7 Å². The average Bonchev–Trinajstić information content (AvgIpc) is 2.54. The van der Waals surface area contributed by atoms with Gasteiger partial charge in [0.25, 0.3) is 0 Å². The van der Waals surface area contributed by atoms with Crippen LogP contribution in [0.5, 0.6) is 0 Å². The highest BCUT2D eigenvalue weighted by Crippen LogP contribution is 2.26. The van der Waals surface area contributed by atoms with Crippen LogP contribution in [0.4, 0.5) is 0 Å². The van der Waals surface area contributed by atoms with Gasteiger partial charge in [0.1, 0.15) is 0 Å². The van der Waals surface area contributed by atoms with E-state index in [1.165, 1.54) is 52.2 Å². The molecule has 0 aromatic heterocycles. The molecular weight excluding hydrogens is 250 g/mol. The quantitative estimate of drug-likeness (QED) is 0.758. The molecule has 2 fully saturated rings. The maximum Gasteiger partial charge on any atom is 0.0589 e. The summed E-state index contributed by atoms with van der Waals surface area (Å²) in [5.74, 6) is 0.889. The second-order valence-electron chi connectivity index (χ2n) is 7.43. The summed E-state index contributed by atoms with van der Waals surface area (Å²) in [4.78, 5) is 7.82. The van der Waals surface area contributed by atoms with Crippen molar-refractivity contribution >= 4 is 0 Å². The molecule has 118 valence electrons. The fourth-order valence-electron chi connectivity index (χ4n) is 3.25. The Hall–Kier alpha value is -0.160. The summed E-state index contributed by atoms with van der Waals surface area (Å²) in [5.41, 5.74) is 0.353. The van der Waals surface area contributed by atoms with Crippen LogP contribution < -0.4 is 0 Å². The lowest BCUT2D eigenvalue weighted by Gasteiger charge is -2.49. The minimum absolute atomic E-state index is 0.353. The summed E-state index contributed by atoms with van der Waals surface area (Å²) in [5, 5.41) is 0. The number of hydrogen-bond acceptors (Lipinski definition) is 4. The molecule has 0 bridgehead atoms. The van der Waals surface area contributed by atoms with Gasteiger partial charge in [0.2, 0.25) is 0 Å². The summed E-state index contributed by atoms with van der Waals surface area (Å²) >= 11 is 0. The summed E-state index contributed by atoms with van der Waals surface area (Å²) in [7, 11) is 1.79. The zero-order valence-corrected chi connectivity index (χ0v) is 13.9. The van der Waals surface area contributed by atoms with Crippen molar-refractivity contribution in [1.29, 1.82) is 0 Å². The first kappa shape index (κ1) is 16.2. The Morgan fingerprint density at radius 3 is 2.30 bits per heavy atom. The first-order valence-corrected chi connectivity index (χ1v) is 8.18. The van der Waals surface area contributed by atoms with Crippen LogP contribution in [0.2, 0.25) is 0 Å². The normalized spacial score (nSPS) is 24.6. The topological polar surface area (TPSA) is 19.0 Å². The van der Waals surface area contributed by atoms with Crippen molar-refractivity contribution in [2.24, 2.45) is 5.92 Å². The summed E-state index contributed by atoms with van der Waals surface area (Å²) in [6.07, 6.45) is 1.30. The summed E-state index contributed by atoms with van der Waals surface area (Å²) < 4.78 is 5.19. The Bertz CT molecular complexity index is 284. The Kier molecular flexibility index (Phi) is 5.84. The third-order valence-electron chi connectivity index (χ3n) is 4.72. The van der Waals surface area contributed by atoms with E-state index in [1.807, 2.05) is 0 Å². The second kappa shape index (κ2) is 7.21. The third-order valence-corrected chi connectivity index (χ3v) is 4.72. The van der Waals surface area contributed by atoms with E-state index in [1.54, 1.807) is 7.11 Å². The molecule has 20 heavy (non-hydrogen) atoms. The highest BCUT2D eigenvalue weighted by molar-refractivity contribution is 4.90. The van der Waals surface area contributed by atoms with Gasteiger partial charge in [0.05, 0.1) is 6.61 Å². The van der Waals surface area contributed by atoms with E-state index in [0.717, 1.165) is 19.1 Å². The summed E-state index contributed by atoms with van der Waals surface area (Å²) in [6.45, 7) is 17.7. The molecular formula is C16H33N3O. The van der Waals surface area contributed by atoms with Crippen molar-refractivity contribution in [3.8, 4) is 0 Å². The molecule has 4 nitrogen and oxygen atoms in total. The molecule has 2 heterocycles. The molecule has 2 aliphatic heterocycles. The van der Waals surface area contributed by atoms with Gasteiger partial charge in [-0.1, -0.05) is 0 Å². The molecule has 0 unspecified atom stereocenters. The largest absolute Gasteiger partial charge is 0.383 e. The van der Waals surface area contributed by atoms with Gasteiger partial charge in [-0.2, -0.15) is 0 Å². The predicted molar refractivity (Wildman–Crippen MR) is 84.2 cm³/mol. The number of hydrogen-bond donors (Lipinski definition) is 0. The smallest absolute Gasteiger partial charge is 0.0589 e.